The summed E-state index contributed by atoms with van der Waals surface area (Å²) in [5.41, 5.74) is 3.53. The number of aromatic amines is 1. The maximum absolute atomic E-state index is 13.0. The van der Waals surface area contributed by atoms with Crippen molar-refractivity contribution < 1.29 is 9.48 Å². The molecule has 1 aliphatic rings. The van der Waals surface area contributed by atoms with Gasteiger partial charge in [0, 0.05) is 17.6 Å². The Hall–Kier alpha value is -3.19. The summed E-state index contributed by atoms with van der Waals surface area (Å²) < 4.78 is 1.67. The van der Waals surface area contributed by atoms with Gasteiger partial charge in [0.05, 0.1) is 11.3 Å². The number of carbonyl (C=O) groups is 1. The van der Waals surface area contributed by atoms with Crippen molar-refractivity contribution in [3.05, 3.63) is 76.1 Å². The number of nitrogens with one attached hydrogen (secondary N) is 1. The summed E-state index contributed by atoms with van der Waals surface area (Å²) in [5, 5.41) is 5.16. The van der Waals surface area contributed by atoms with Crippen molar-refractivity contribution in [1.29, 1.82) is 0 Å². The maximum Gasteiger partial charge on any atom is 0.325 e. The van der Waals surface area contributed by atoms with Crippen LogP contribution in [0.15, 0.2) is 70.1 Å². The first-order valence-electron chi connectivity index (χ1n) is 9.24. The Morgan fingerprint density at radius 1 is 1.14 bits per heavy atom. The van der Waals surface area contributed by atoms with Gasteiger partial charge in [0.25, 0.3) is 6.17 Å². The number of hydrogen-bond acceptors (Lipinski definition) is 4. The number of rotatable bonds is 3. The minimum absolute atomic E-state index is 0.116. The summed E-state index contributed by atoms with van der Waals surface area (Å²) in [6.45, 7) is 3.49. The highest BCUT2D eigenvalue weighted by Crippen LogP contribution is 2.37. The third-order valence-electron chi connectivity index (χ3n) is 4.89. The third-order valence-corrected chi connectivity index (χ3v) is 5.46. The predicted molar refractivity (Wildman–Crippen MR) is 115 cm³/mol. The molecule has 1 aliphatic heterocycles. The number of para-hydroxylation sites is 1. The molecule has 7 heteroatoms. The molecule has 29 heavy (non-hydrogen) atoms. The van der Waals surface area contributed by atoms with Gasteiger partial charge in [0.2, 0.25) is 11.1 Å². The van der Waals surface area contributed by atoms with Crippen molar-refractivity contribution in [3.63, 3.8) is 0 Å². The lowest BCUT2D eigenvalue weighted by Crippen LogP contribution is -2.60. The SMILES string of the molecule is CSc1n[n+]2c(c(=O)[nH]1)-c1ccccc1N(C(C)=O)[C@@H]2/C(C)=C/c1ccccc1. The van der Waals surface area contributed by atoms with Crippen molar-refractivity contribution in [2.75, 3.05) is 11.2 Å². The zero-order valence-electron chi connectivity index (χ0n) is 16.4. The summed E-state index contributed by atoms with van der Waals surface area (Å²) in [5.74, 6) is -0.116. The van der Waals surface area contributed by atoms with Crippen molar-refractivity contribution in [2.45, 2.75) is 25.2 Å². The Kier molecular flexibility index (Phi) is 5.07. The molecule has 146 valence electrons. The summed E-state index contributed by atoms with van der Waals surface area (Å²) >= 11 is 1.35. The zero-order chi connectivity index (χ0) is 20.5. The van der Waals surface area contributed by atoms with Crippen LogP contribution in [0, 0.1) is 0 Å². The molecule has 0 unspecified atom stereocenters. The largest absolute Gasteiger partial charge is 0.325 e. The van der Waals surface area contributed by atoms with E-state index in [4.69, 9.17) is 0 Å². The zero-order valence-corrected chi connectivity index (χ0v) is 17.2. The molecule has 1 atom stereocenters. The number of hydrogen-bond donors (Lipinski definition) is 1. The van der Waals surface area contributed by atoms with Gasteiger partial charge in [-0.2, -0.15) is 0 Å². The van der Waals surface area contributed by atoms with E-state index in [2.05, 4.69) is 10.1 Å². The molecule has 0 bridgehead atoms. The van der Waals surface area contributed by atoms with E-state index in [0.717, 1.165) is 11.1 Å². The molecule has 3 aromatic rings. The highest BCUT2D eigenvalue weighted by atomic mass is 32.2. The van der Waals surface area contributed by atoms with Gasteiger partial charge in [0.15, 0.2) is 0 Å². The van der Waals surface area contributed by atoms with E-state index in [1.807, 2.05) is 73.9 Å². The van der Waals surface area contributed by atoms with Gasteiger partial charge < -0.3 is 0 Å². The standard InChI is InChI=1S/C22H20N4O2S/c1-14(13-16-9-5-4-6-10-16)21-25(15(2)27)18-12-8-7-11-17(18)19-20(28)23-22(29-3)24-26(19)21/h4-13,21H,1-3H3/p+1/b14-13+/t21-/m0/s1. The monoisotopic (exact) mass is 405 g/mol. The van der Waals surface area contributed by atoms with Gasteiger partial charge in [-0.05, 0) is 41.6 Å². The molecule has 0 spiro atoms. The topological polar surface area (TPSA) is 69.9 Å². The Morgan fingerprint density at radius 2 is 1.83 bits per heavy atom. The van der Waals surface area contributed by atoms with E-state index < -0.39 is 6.17 Å². The minimum Gasteiger partial charge on any atom is -0.291 e. The molecule has 6 nitrogen and oxygen atoms in total. The fourth-order valence-corrected chi connectivity index (χ4v) is 4.06. The number of anilines is 1. The molecule has 1 aromatic heterocycles. The van der Waals surface area contributed by atoms with Crippen LogP contribution in [-0.4, -0.2) is 22.2 Å². The molecule has 0 saturated heterocycles. The van der Waals surface area contributed by atoms with Crippen molar-refractivity contribution in [2.24, 2.45) is 0 Å². The number of aromatic nitrogens is 3. The molecule has 2 aromatic carbocycles. The highest BCUT2D eigenvalue weighted by molar-refractivity contribution is 7.98. The first-order chi connectivity index (χ1) is 14.0. The summed E-state index contributed by atoms with van der Waals surface area (Å²) in [6.07, 6.45) is 3.34. The van der Waals surface area contributed by atoms with Gasteiger partial charge in [-0.1, -0.05) is 54.2 Å². The Balaban J connectivity index is 2.01. The van der Waals surface area contributed by atoms with E-state index >= 15 is 0 Å². The van der Waals surface area contributed by atoms with Gasteiger partial charge in [-0.25, -0.2) is 4.90 Å². The van der Waals surface area contributed by atoms with Crippen LogP contribution in [0.2, 0.25) is 0 Å². The number of fused-ring (bicyclic) bond motifs is 3. The summed E-state index contributed by atoms with van der Waals surface area (Å²) in [6, 6.07) is 17.3. The molecule has 1 amide bonds. The molecule has 0 aliphatic carbocycles. The average molecular weight is 406 g/mol. The predicted octanol–water partition coefficient (Wildman–Crippen LogP) is 3.41. The first kappa shape index (κ1) is 19.1. The lowest BCUT2D eigenvalue weighted by molar-refractivity contribution is -0.763. The molecule has 0 saturated carbocycles. The Morgan fingerprint density at radius 3 is 2.52 bits per heavy atom. The molecule has 1 N–H and O–H groups in total. The molecular formula is C22H21N4O2S+. The second-order valence-electron chi connectivity index (χ2n) is 6.84. The van der Waals surface area contributed by atoms with Gasteiger partial charge in [-0.3, -0.25) is 14.6 Å². The molecular weight excluding hydrogens is 384 g/mol. The van der Waals surface area contributed by atoms with Crippen molar-refractivity contribution >= 4 is 29.4 Å². The second-order valence-corrected chi connectivity index (χ2v) is 7.63. The van der Waals surface area contributed by atoms with E-state index in [0.29, 0.717) is 22.1 Å². The summed E-state index contributed by atoms with van der Waals surface area (Å²) in [4.78, 5) is 30.2. The van der Waals surface area contributed by atoms with E-state index in [1.165, 1.54) is 18.7 Å². The van der Waals surface area contributed by atoms with E-state index in [1.54, 1.807) is 9.58 Å². The maximum atomic E-state index is 13.0. The highest BCUT2D eigenvalue weighted by Gasteiger charge is 2.44. The normalized spacial score (nSPS) is 15.6. The smallest absolute Gasteiger partial charge is 0.291 e. The fraction of sp³-hybridized carbons (Fsp3) is 0.182. The average Bonchev–Trinajstić information content (AvgIpc) is 2.72. The number of nitrogens with zero attached hydrogens (tertiary/aromatic N) is 3. The van der Waals surface area contributed by atoms with Crippen LogP contribution >= 0.6 is 11.8 Å². The molecule has 0 fully saturated rings. The van der Waals surface area contributed by atoms with Crippen molar-refractivity contribution in [3.8, 4) is 11.3 Å². The molecule has 0 radical (unpaired) electrons. The number of H-pyrrole nitrogens is 1. The van der Waals surface area contributed by atoms with Crippen LogP contribution in [0.4, 0.5) is 5.69 Å². The lowest BCUT2D eigenvalue weighted by atomic mass is 10.0. The van der Waals surface area contributed by atoms with Crippen LogP contribution in [0.1, 0.15) is 25.6 Å². The lowest BCUT2D eigenvalue weighted by Gasteiger charge is -2.31. The number of benzene rings is 2. The van der Waals surface area contributed by atoms with Crippen LogP contribution in [0.3, 0.4) is 0 Å². The first-order valence-corrected chi connectivity index (χ1v) is 10.5. The molecule has 2 heterocycles. The van der Waals surface area contributed by atoms with Crippen LogP contribution in [0.5, 0.6) is 0 Å². The minimum atomic E-state index is -0.536. The Bertz CT molecular complexity index is 1170. The van der Waals surface area contributed by atoms with Crippen molar-refractivity contribution in [1.82, 2.24) is 10.1 Å². The van der Waals surface area contributed by atoms with Gasteiger partial charge in [-0.15, -0.1) is 0 Å². The number of amides is 1. The number of carbonyl (C=O) groups excluding carboxylic acids is 1. The Labute approximate surface area is 172 Å². The quantitative estimate of drug-likeness (QED) is 0.536. The van der Waals surface area contributed by atoms with Crippen LogP contribution < -0.4 is 15.1 Å². The molecule has 4 rings (SSSR count). The van der Waals surface area contributed by atoms with Gasteiger partial charge in [0.1, 0.15) is 0 Å². The fourth-order valence-electron chi connectivity index (χ4n) is 3.70. The van der Waals surface area contributed by atoms with Crippen LogP contribution in [0.25, 0.3) is 17.3 Å². The van der Waals surface area contributed by atoms with Crippen LogP contribution in [-0.2, 0) is 4.79 Å². The van der Waals surface area contributed by atoms with E-state index in [9.17, 15) is 9.59 Å². The second kappa shape index (κ2) is 7.67. The van der Waals surface area contributed by atoms with E-state index in [-0.39, 0.29) is 11.5 Å². The van der Waals surface area contributed by atoms with Gasteiger partial charge >= 0.3 is 11.3 Å². The number of thioether (sulfide) groups is 1. The summed E-state index contributed by atoms with van der Waals surface area (Å²) in [7, 11) is 0. The third kappa shape index (κ3) is 3.38.